The number of rotatable bonds is 3. The third kappa shape index (κ3) is 2.44. The Hall–Kier alpha value is -1.11. The Labute approximate surface area is 92.2 Å². The molecule has 0 saturated heterocycles. The molecular formula is C11H11BrN2. The number of nitrogens with zero attached hydrogens (tertiary/aromatic N) is 1. The molecule has 2 nitrogen and oxygen atoms in total. The molecule has 1 aromatic rings. The van der Waals surface area contributed by atoms with Crippen molar-refractivity contribution in [1.29, 1.82) is 5.26 Å². The first-order valence-electron chi connectivity index (χ1n) is 4.27. The molecule has 0 bridgehead atoms. The van der Waals surface area contributed by atoms with E-state index < -0.39 is 0 Å². The Morgan fingerprint density at radius 3 is 2.86 bits per heavy atom. The zero-order chi connectivity index (χ0) is 10.6. The molecule has 0 amide bonds. The van der Waals surface area contributed by atoms with E-state index in [0.29, 0.717) is 12.1 Å². The van der Waals surface area contributed by atoms with Crippen LogP contribution in [-0.2, 0) is 0 Å². The number of halogens is 1. The van der Waals surface area contributed by atoms with E-state index in [9.17, 15) is 0 Å². The van der Waals surface area contributed by atoms with E-state index in [2.05, 4.69) is 28.6 Å². The van der Waals surface area contributed by atoms with Crippen LogP contribution in [0.5, 0.6) is 0 Å². The summed E-state index contributed by atoms with van der Waals surface area (Å²) in [5.74, 6) is 0. The van der Waals surface area contributed by atoms with Crippen LogP contribution in [0.1, 0.15) is 17.5 Å². The predicted octanol–water partition coefficient (Wildman–Crippen LogP) is 2.68. The lowest BCUT2D eigenvalue weighted by Gasteiger charge is -2.07. The summed E-state index contributed by atoms with van der Waals surface area (Å²) < 4.78 is 0.954. The Balaban J connectivity index is 3.07. The Kier molecular flexibility index (Phi) is 3.87. The number of hydrogen-bond acceptors (Lipinski definition) is 2. The minimum Gasteiger partial charge on any atom is -0.330 e. The topological polar surface area (TPSA) is 49.8 Å². The van der Waals surface area contributed by atoms with Gasteiger partial charge in [-0.15, -0.1) is 0 Å². The van der Waals surface area contributed by atoms with Crippen molar-refractivity contribution in [3.8, 4) is 6.07 Å². The van der Waals surface area contributed by atoms with E-state index in [1.165, 1.54) is 0 Å². The molecule has 14 heavy (non-hydrogen) atoms. The molecule has 1 rings (SSSR count). The molecule has 0 heterocycles. The first-order chi connectivity index (χ1) is 6.69. The molecule has 0 radical (unpaired) electrons. The van der Waals surface area contributed by atoms with E-state index >= 15 is 0 Å². The first-order valence-corrected chi connectivity index (χ1v) is 5.06. The maximum Gasteiger partial charge on any atom is 0.0991 e. The Morgan fingerprint density at radius 1 is 1.57 bits per heavy atom. The van der Waals surface area contributed by atoms with Gasteiger partial charge in [0.15, 0.2) is 0 Å². The summed E-state index contributed by atoms with van der Waals surface area (Å²) in [5, 5.41) is 8.74. The maximum absolute atomic E-state index is 8.74. The zero-order valence-corrected chi connectivity index (χ0v) is 9.34. The van der Waals surface area contributed by atoms with Crippen LogP contribution in [0, 0.1) is 11.3 Å². The second-order valence-corrected chi connectivity index (χ2v) is 3.80. The highest BCUT2D eigenvalue weighted by Crippen LogP contribution is 2.25. The van der Waals surface area contributed by atoms with Crippen molar-refractivity contribution in [3.63, 3.8) is 0 Å². The normalized spacial score (nSPS) is 9.50. The quantitative estimate of drug-likeness (QED) is 0.897. The minimum absolute atomic E-state index is 0.571. The van der Waals surface area contributed by atoms with Crippen LogP contribution in [-0.4, -0.2) is 6.54 Å². The summed E-state index contributed by atoms with van der Waals surface area (Å²) >= 11 is 3.42. The molecule has 0 fully saturated rings. The molecule has 2 N–H and O–H groups in total. The molecule has 0 saturated carbocycles. The lowest BCUT2D eigenvalue weighted by molar-refractivity contribution is 1.02. The average molecular weight is 251 g/mol. The van der Waals surface area contributed by atoms with E-state index in [1.54, 1.807) is 6.07 Å². The van der Waals surface area contributed by atoms with Crippen LogP contribution in [0.2, 0.25) is 0 Å². The monoisotopic (exact) mass is 250 g/mol. The number of nitriles is 1. The molecule has 0 aliphatic rings. The van der Waals surface area contributed by atoms with E-state index in [-0.39, 0.29) is 0 Å². The molecule has 0 unspecified atom stereocenters. The van der Waals surface area contributed by atoms with Crippen molar-refractivity contribution >= 4 is 21.5 Å². The lowest BCUT2D eigenvalue weighted by Crippen LogP contribution is -1.99. The minimum atomic E-state index is 0.571. The summed E-state index contributed by atoms with van der Waals surface area (Å²) in [6.07, 6.45) is 0.744. The molecule has 0 aliphatic heterocycles. The van der Waals surface area contributed by atoms with Gasteiger partial charge in [-0.05, 0) is 42.3 Å². The molecule has 72 valence electrons. The van der Waals surface area contributed by atoms with Gasteiger partial charge in [-0.1, -0.05) is 22.5 Å². The highest BCUT2D eigenvalue weighted by molar-refractivity contribution is 9.10. The van der Waals surface area contributed by atoms with Gasteiger partial charge in [0.1, 0.15) is 0 Å². The highest BCUT2D eigenvalue weighted by atomic mass is 79.9. The number of nitrogens with two attached hydrogens (primary N) is 1. The Bertz CT molecular complexity index is 391. The molecular weight excluding hydrogens is 240 g/mol. The largest absolute Gasteiger partial charge is 0.330 e. The third-order valence-corrected chi connectivity index (χ3v) is 2.61. The van der Waals surface area contributed by atoms with E-state index in [4.69, 9.17) is 11.0 Å². The van der Waals surface area contributed by atoms with Gasteiger partial charge < -0.3 is 5.73 Å². The fraction of sp³-hybridized carbons (Fsp3) is 0.182. The van der Waals surface area contributed by atoms with Crippen LogP contribution in [0.4, 0.5) is 0 Å². The highest BCUT2D eigenvalue weighted by Gasteiger charge is 2.04. The van der Waals surface area contributed by atoms with Gasteiger partial charge in [0, 0.05) is 4.47 Å². The second-order valence-electron chi connectivity index (χ2n) is 2.95. The van der Waals surface area contributed by atoms with Gasteiger partial charge in [-0.3, -0.25) is 0 Å². The van der Waals surface area contributed by atoms with Gasteiger partial charge in [0.2, 0.25) is 0 Å². The summed E-state index contributed by atoms with van der Waals surface area (Å²) in [4.78, 5) is 0. The molecule has 1 aromatic carbocycles. The van der Waals surface area contributed by atoms with Gasteiger partial charge in [0.25, 0.3) is 0 Å². The smallest absolute Gasteiger partial charge is 0.0991 e. The van der Waals surface area contributed by atoms with Crippen molar-refractivity contribution in [2.24, 2.45) is 5.73 Å². The lowest BCUT2D eigenvalue weighted by atomic mass is 10.0. The van der Waals surface area contributed by atoms with Crippen LogP contribution < -0.4 is 5.73 Å². The van der Waals surface area contributed by atoms with Gasteiger partial charge in [0.05, 0.1) is 11.6 Å². The standard InChI is InChI=1S/C11H11BrN2/c1-8(4-5-13)10-6-9(7-14)2-3-11(10)12/h2-3,6H,1,4-5,13H2. The van der Waals surface area contributed by atoms with E-state index in [1.807, 2.05) is 12.1 Å². The second kappa shape index (κ2) is 4.94. The summed E-state index contributed by atoms with van der Waals surface area (Å²) in [7, 11) is 0. The maximum atomic E-state index is 8.74. The number of benzene rings is 1. The Morgan fingerprint density at radius 2 is 2.29 bits per heavy atom. The van der Waals surface area contributed by atoms with Gasteiger partial charge in [-0.25, -0.2) is 0 Å². The molecule has 0 aliphatic carbocycles. The van der Waals surface area contributed by atoms with Gasteiger partial charge >= 0.3 is 0 Å². The van der Waals surface area contributed by atoms with Crippen molar-refractivity contribution in [2.75, 3.05) is 6.54 Å². The fourth-order valence-corrected chi connectivity index (χ4v) is 1.70. The summed E-state index contributed by atoms with van der Waals surface area (Å²) in [5.41, 5.74) is 8.01. The number of hydrogen-bond donors (Lipinski definition) is 1. The zero-order valence-electron chi connectivity index (χ0n) is 7.76. The average Bonchev–Trinajstić information content (AvgIpc) is 2.19. The van der Waals surface area contributed by atoms with Crippen LogP contribution in [0.3, 0.4) is 0 Å². The molecule has 0 atom stereocenters. The van der Waals surface area contributed by atoms with Crippen LogP contribution in [0.25, 0.3) is 5.57 Å². The van der Waals surface area contributed by atoms with E-state index in [0.717, 1.165) is 22.0 Å². The fourth-order valence-electron chi connectivity index (χ4n) is 1.17. The summed E-state index contributed by atoms with van der Waals surface area (Å²) in [6.45, 7) is 4.50. The van der Waals surface area contributed by atoms with Crippen LogP contribution in [0.15, 0.2) is 29.3 Å². The van der Waals surface area contributed by atoms with Crippen molar-refractivity contribution in [1.82, 2.24) is 0 Å². The molecule has 0 spiro atoms. The van der Waals surface area contributed by atoms with Crippen LogP contribution >= 0.6 is 15.9 Å². The van der Waals surface area contributed by atoms with Crippen molar-refractivity contribution in [3.05, 3.63) is 40.4 Å². The predicted molar refractivity (Wildman–Crippen MR) is 61.6 cm³/mol. The van der Waals surface area contributed by atoms with Crippen molar-refractivity contribution in [2.45, 2.75) is 6.42 Å². The van der Waals surface area contributed by atoms with Crippen molar-refractivity contribution < 1.29 is 0 Å². The SMILES string of the molecule is C=C(CCN)c1cc(C#N)ccc1Br. The summed E-state index contributed by atoms with van der Waals surface area (Å²) in [6, 6.07) is 7.54. The molecule has 0 aromatic heterocycles. The van der Waals surface area contributed by atoms with Gasteiger partial charge in [-0.2, -0.15) is 5.26 Å². The third-order valence-electron chi connectivity index (χ3n) is 1.92. The first kappa shape index (κ1) is 11.0. The molecule has 3 heteroatoms.